The summed E-state index contributed by atoms with van der Waals surface area (Å²) in [4.78, 5) is 32.9. The van der Waals surface area contributed by atoms with Crippen molar-refractivity contribution in [1.29, 1.82) is 0 Å². The van der Waals surface area contributed by atoms with Crippen LogP contribution in [0.4, 0.5) is 5.13 Å². The van der Waals surface area contributed by atoms with E-state index in [-0.39, 0.29) is 11.5 Å². The minimum Gasteiger partial charge on any atom is -0.468 e. The summed E-state index contributed by atoms with van der Waals surface area (Å²) in [5, 5.41) is 5.21. The van der Waals surface area contributed by atoms with Gasteiger partial charge in [-0.3, -0.25) is 14.5 Å². The van der Waals surface area contributed by atoms with Crippen molar-refractivity contribution in [2.75, 3.05) is 44.7 Å². The molecule has 0 aromatic carbocycles. The first-order valence-electron chi connectivity index (χ1n) is 8.04. The highest BCUT2D eigenvalue weighted by atomic mass is 32.1. The highest BCUT2D eigenvalue weighted by molar-refractivity contribution is 7.20. The van der Waals surface area contributed by atoms with Gasteiger partial charge in [-0.2, -0.15) is 4.52 Å². The number of esters is 1. The normalized spacial score (nSPS) is 15.8. The smallest absolute Gasteiger partial charge is 0.319 e. The van der Waals surface area contributed by atoms with Gasteiger partial charge in [-0.15, -0.1) is 5.10 Å². The standard InChI is InChI=1S/C15H21N5O3S/c1-3-4-11-9-12(21)20-14(16-11)24-15(17-20)19-7-5-18(6-8-19)10-13(22)23-2/h9H,3-8,10H2,1-2H3. The molecule has 0 bridgehead atoms. The Kier molecular flexibility index (Phi) is 5.10. The minimum absolute atomic E-state index is 0.129. The van der Waals surface area contributed by atoms with Crippen molar-refractivity contribution in [2.45, 2.75) is 19.8 Å². The number of hydrogen-bond donors (Lipinski definition) is 0. The predicted octanol–water partition coefficient (Wildman–Crippen LogP) is 0.399. The van der Waals surface area contributed by atoms with Gasteiger partial charge in [0.25, 0.3) is 5.56 Å². The lowest BCUT2D eigenvalue weighted by Gasteiger charge is -2.33. The van der Waals surface area contributed by atoms with Crippen molar-refractivity contribution in [1.82, 2.24) is 19.5 Å². The van der Waals surface area contributed by atoms with E-state index in [1.807, 2.05) is 0 Å². The van der Waals surface area contributed by atoms with Crippen LogP contribution in [0.3, 0.4) is 0 Å². The molecule has 1 aliphatic rings. The van der Waals surface area contributed by atoms with Gasteiger partial charge in [0.2, 0.25) is 10.1 Å². The fourth-order valence-corrected chi connectivity index (χ4v) is 3.68. The van der Waals surface area contributed by atoms with Gasteiger partial charge in [0.15, 0.2) is 0 Å². The van der Waals surface area contributed by atoms with E-state index in [1.165, 1.54) is 23.0 Å². The molecule has 0 N–H and O–H groups in total. The summed E-state index contributed by atoms with van der Waals surface area (Å²) in [6, 6.07) is 1.56. The largest absolute Gasteiger partial charge is 0.468 e. The average Bonchev–Trinajstić information content (AvgIpc) is 3.00. The molecule has 8 nitrogen and oxygen atoms in total. The Bertz CT molecular complexity index is 779. The SMILES string of the molecule is CCCc1cc(=O)n2nc(N3CCN(CC(=O)OC)CC3)sc2n1. The minimum atomic E-state index is -0.220. The molecule has 2 aromatic rings. The maximum absolute atomic E-state index is 12.2. The van der Waals surface area contributed by atoms with Gasteiger partial charge in [-0.05, 0) is 6.42 Å². The monoisotopic (exact) mass is 351 g/mol. The zero-order chi connectivity index (χ0) is 17.1. The van der Waals surface area contributed by atoms with E-state index < -0.39 is 0 Å². The van der Waals surface area contributed by atoms with Crippen molar-refractivity contribution < 1.29 is 9.53 Å². The molecular weight excluding hydrogens is 330 g/mol. The fraction of sp³-hybridized carbons (Fsp3) is 0.600. The number of anilines is 1. The quantitative estimate of drug-likeness (QED) is 0.721. The van der Waals surface area contributed by atoms with Crippen molar-refractivity contribution >= 4 is 27.4 Å². The second-order valence-electron chi connectivity index (χ2n) is 5.75. The molecule has 3 rings (SSSR count). The Balaban J connectivity index is 1.73. The highest BCUT2D eigenvalue weighted by Gasteiger charge is 2.22. The second kappa shape index (κ2) is 7.27. The number of methoxy groups -OCH3 is 1. The van der Waals surface area contributed by atoms with Crippen molar-refractivity contribution in [2.24, 2.45) is 0 Å². The van der Waals surface area contributed by atoms with Crippen LogP contribution in [0.5, 0.6) is 0 Å². The lowest BCUT2D eigenvalue weighted by Crippen LogP contribution is -2.48. The number of aromatic nitrogens is 3. The van der Waals surface area contributed by atoms with E-state index in [0.717, 1.165) is 49.8 Å². The fourth-order valence-electron chi connectivity index (χ4n) is 2.70. The van der Waals surface area contributed by atoms with Crippen molar-refractivity contribution in [3.63, 3.8) is 0 Å². The Morgan fingerprint density at radius 2 is 2.08 bits per heavy atom. The van der Waals surface area contributed by atoms with Crippen molar-refractivity contribution in [3.8, 4) is 0 Å². The molecule has 130 valence electrons. The maximum atomic E-state index is 12.2. The van der Waals surface area contributed by atoms with Crippen LogP contribution in [0.15, 0.2) is 10.9 Å². The molecule has 1 aliphatic heterocycles. The van der Waals surface area contributed by atoms with Crippen LogP contribution in [0.25, 0.3) is 4.96 Å². The van der Waals surface area contributed by atoms with Crippen LogP contribution in [-0.4, -0.2) is 65.3 Å². The van der Waals surface area contributed by atoms with Crippen LogP contribution in [-0.2, 0) is 16.0 Å². The van der Waals surface area contributed by atoms with Crippen LogP contribution >= 0.6 is 11.3 Å². The zero-order valence-corrected chi connectivity index (χ0v) is 14.7. The highest BCUT2D eigenvalue weighted by Crippen LogP contribution is 2.22. The zero-order valence-electron chi connectivity index (χ0n) is 13.9. The molecule has 0 unspecified atom stereocenters. The number of piperazine rings is 1. The second-order valence-corrected chi connectivity index (χ2v) is 6.69. The first-order valence-corrected chi connectivity index (χ1v) is 8.86. The van der Waals surface area contributed by atoms with E-state index in [2.05, 4.69) is 26.8 Å². The van der Waals surface area contributed by atoms with Crippen LogP contribution in [0, 0.1) is 0 Å². The van der Waals surface area contributed by atoms with Gasteiger partial charge in [0, 0.05) is 37.9 Å². The summed E-state index contributed by atoms with van der Waals surface area (Å²) in [5.41, 5.74) is 0.691. The molecule has 0 atom stereocenters. The summed E-state index contributed by atoms with van der Waals surface area (Å²) in [6.45, 7) is 5.41. The van der Waals surface area contributed by atoms with Gasteiger partial charge >= 0.3 is 5.97 Å². The number of carbonyl (C=O) groups excluding carboxylic acids is 1. The van der Waals surface area contributed by atoms with E-state index in [4.69, 9.17) is 4.74 Å². The number of rotatable bonds is 5. The van der Waals surface area contributed by atoms with Crippen molar-refractivity contribution in [3.05, 3.63) is 22.1 Å². The summed E-state index contributed by atoms with van der Waals surface area (Å²) < 4.78 is 6.07. The summed E-state index contributed by atoms with van der Waals surface area (Å²) >= 11 is 1.43. The number of aryl methyl sites for hydroxylation is 1. The lowest BCUT2D eigenvalue weighted by atomic mass is 10.2. The summed E-state index contributed by atoms with van der Waals surface area (Å²) in [6.07, 6.45) is 1.75. The van der Waals surface area contributed by atoms with E-state index in [0.29, 0.717) is 11.5 Å². The van der Waals surface area contributed by atoms with E-state index >= 15 is 0 Å². The summed E-state index contributed by atoms with van der Waals surface area (Å²) in [5.74, 6) is -0.220. The molecule has 0 saturated carbocycles. The van der Waals surface area contributed by atoms with Crippen LogP contribution < -0.4 is 10.5 Å². The lowest BCUT2D eigenvalue weighted by molar-refractivity contribution is -0.142. The average molecular weight is 351 g/mol. The Labute approximate surface area is 143 Å². The van der Waals surface area contributed by atoms with Gasteiger partial charge in [0.05, 0.1) is 13.7 Å². The third-order valence-corrected chi connectivity index (χ3v) is 4.99. The number of fused-ring (bicyclic) bond motifs is 1. The molecule has 2 aromatic heterocycles. The van der Waals surface area contributed by atoms with E-state index in [1.54, 1.807) is 6.07 Å². The third kappa shape index (κ3) is 3.57. The molecular formula is C15H21N5O3S. The number of carbonyl (C=O) groups is 1. The molecule has 1 fully saturated rings. The number of ether oxygens (including phenoxy) is 1. The Morgan fingerprint density at radius 3 is 2.75 bits per heavy atom. The molecule has 0 aliphatic carbocycles. The first kappa shape index (κ1) is 16.8. The number of nitrogens with zero attached hydrogens (tertiary/aromatic N) is 5. The van der Waals surface area contributed by atoms with E-state index in [9.17, 15) is 9.59 Å². The Morgan fingerprint density at radius 1 is 1.33 bits per heavy atom. The Hall–Kier alpha value is -2.00. The third-order valence-electron chi connectivity index (χ3n) is 4.02. The van der Waals surface area contributed by atoms with Gasteiger partial charge in [0.1, 0.15) is 0 Å². The molecule has 0 spiro atoms. The molecule has 3 heterocycles. The van der Waals surface area contributed by atoms with Gasteiger partial charge in [-0.1, -0.05) is 24.7 Å². The topological polar surface area (TPSA) is 80.0 Å². The van der Waals surface area contributed by atoms with Crippen LogP contribution in [0.2, 0.25) is 0 Å². The van der Waals surface area contributed by atoms with Crippen LogP contribution in [0.1, 0.15) is 19.0 Å². The van der Waals surface area contributed by atoms with Gasteiger partial charge < -0.3 is 9.64 Å². The maximum Gasteiger partial charge on any atom is 0.319 e. The van der Waals surface area contributed by atoms with Gasteiger partial charge in [-0.25, -0.2) is 4.98 Å². The molecule has 24 heavy (non-hydrogen) atoms. The first-order chi connectivity index (χ1) is 11.6. The molecule has 0 radical (unpaired) electrons. The summed E-state index contributed by atoms with van der Waals surface area (Å²) in [7, 11) is 1.40. The predicted molar refractivity (Wildman–Crippen MR) is 91.8 cm³/mol. The number of hydrogen-bond acceptors (Lipinski definition) is 8. The molecule has 1 saturated heterocycles. The molecule has 0 amide bonds. The molecule has 9 heteroatoms.